The Kier molecular flexibility index (Phi) is 7.75. The van der Waals surface area contributed by atoms with Gasteiger partial charge in [-0.2, -0.15) is 0 Å². The standard InChI is InChI=1S/C20H28O6/c1-3-4-5-9-17(26-14(2)21)16-12-19-18(24-13-25-19)11-15(16)8-6-7-10-20(22)23/h11-12,17H,3-10,13H2,1-2H3,(H,22,23). The van der Waals surface area contributed by atoms with Gasteiger partial charge in [0.1, 0.15) is 6.10 Å². The van der Waals surface area contributed by atoms with E-state index in [4.69, 9.17) is 19.3 Å². The van der Waals surface area contributed by atoms with Gasteiger partial charge >= 0.3 is 11.9 Å². The maximum atomic E-state index is 11.6. The Balaban J connectivity index is 2.20. The quantitative estimate of drug-likeness (QED) is 0.463. The lowest BCUT2D eigenvalue weighted by Crippen LogP contribution is -2.11. The lowest BCUT2D eigenvalue weighted by molar-refractivity contribution is -0.147. The lowest BCUT2D eigenvalue weighted by atomic mass is 9.94. The number of carboxylic acid groups (broad SMARTS) is 1. The zero-order valence-corrected chi connectivity index (χ0v) is 15.6. The van der Waals surface area contributed by atoms with Crippen molar-refractivity contribution in [2.24, 2.45) is 0 Å². The Hall–Kier alpha value is -2.24. The lowest BCUT2D eigenvalue weighted by Gasteiger charge is -2.21. The van der Waals surface area contributed by atoms with Gasteiger partial charge in [-0.25, -0.2) is 0 Å². The van der Waals surface area contributed by atoms with Crippen LogP contribution in [0, 0.1) is 0 Å². The van der Waals surface area contributed by atoms with Crippen molar-refractivity contribution >= 4 is 11.9 Å². The zero-order chi connectivity index (χ0) is 18.9. The van der Waals surface area contributed by atoms with Gasteiger partial charge in [0.15, 0.2) is 11.5 Å². The van der Waals surface area contributed by atoms with E-state index in [1.165, 1.54) is 6.92 Å². The number of carboxylic acids is 1. The molecule has 0 radical (unpaired) electrons. The molecule has 0 fully saturated rings. The summed E-state index contributed by atoms with van der Waals surface area (Å²) in [5.41, 5.74) is 1.97. The predicted octanol–water partition coefficient (Wildman–Crippen LogP) is 4.40. The monoisotopic (exact) mass is 364 g/mol. The number of esters is 1. The van der Waals surface area contributed by atoms with Crippen LogP contribution in [0.5, 0.6) is 11.5 Å². The van der Waals surface area contributed by atoms with Gasteiger partial charge in [0.05, 0.1) is 0 Å². The van der Waals surface area contributed by atoms with E-state index in [1.54, 1.807) is 0 Å². The van der Waals surface area contributed by atoms with E-state index in [9.17, 15) is 9.59 Å². The van der Waals surface area contributed by atoms with Gasteiger partial charge < -0.3 is 19.3 Å². The molecule has 0 aliphatic carbocycles. The molecule has 1 heterocycles. The molecule has 26 heavy (non-hydrogen) atoms. The first-order chi connectivity index (χ1) is 12.5. The number of carbonyl (C=O) groups excluding carboxylic acids is 1. The van der Waals surface area contributed by atoms with Crippen LogP contribution < -0.4 is 9.47 Å². The van der Waals surface area contributed by atoms with Crippen LogP contribution >= 0.6 is 0 Å². The fourth-order valence-electron chi connectivity index (χ4n) is 3.17. The van der Waals surface area contributed by atoms with Crippen LogP contribution in [0.2, 0.25) is 0 Å². The SMILES string of the molecule is CCCCCC(OC(C)=O)c1cc2c(cc1CCCCC(=O)O)OCO2. The summed E-state index contributed by atoms with van der Waals surface area (Å²) in [5, 5.41) is 8.81. The van der Waals surface area contributed by atoms with Crippen molar-refractivity contribution in [3.8, 4) is 11.5 Å². The Morgan fingerprint density at radius 2 is 1.88 bits per heavy atom. The molecule has 1 aliphatic heterocycles. The van der Waals surface area contributed by atoms with Gasteiger partial charge in [-0.1, -0.05) is 19.8 Å². The summed E-state index contributed by atoms with van der Waals surface area (Å²) in [6.45, 7) is 3.74. The highest BCUT2D eigenvalue weighted by Gasteiger charge is 2.23. The highest BCUT2D eigenvalue weighted by Crippen LogP contribution is 2.39. The molecule has 6 heteroatoms. The van der Waals surface area contributed by atoms with Crippen LogP contribution in [0.4, 0.5) is 0 Å². The van der Waals surface area contributed by atoms with Crippen molar-refractivity contribution < 1.29 is 28.9 Å². The molecule has 0 amide bonds. The van der Waals surface area contributed by atoms with Gasteiger partial charge in [-0.3, -0.25) is 9.59 Å². The molecular weight excluding hydrogens is 336 g/mol. The molecule has 1 aliphatic rings. The average Bonchev–Trinajstić information content (AvgIpc) is 3.04. The number of carbonyl (C=O) groups is 2. The molecule has 0 bridgehead atoms. The zero-order valence-electron chi connectivity index (χ0n) is 15.6. The second-order valence-corrected chi connectivity index (χ2v) is 6.60. The number of unbranched alkanes of at least 4 members (excludes halogenated alkanes) is 3. The maximum Gasteiger partial charge on any atom is 0.303 e. The maximum absolute atomic E-state index is 11.6. The molecule has 1 N–H and O–H groups in total. The molecule has 1 atom stereocenters. The van der Waals surface area contributed by atoms with Gasteiger partial charge in [-0.15, -0.1) is 0 Å². The fourth-order valence-corrected chi connectivity index (χ4v) is 3.17. The van der Waals surface area contributed by atoms with Gasteiger partial charge in [0.25, 0.3) is 0 Å². The van der Waals surface area contributed by atoms with Crippen molar-refractivity contribution in [2.45, 2.75) is 71.3 Å². The number of aliphatic carboxylic acids is 1. The molecule has 0 saturated heterocycles. The molecule has 6 nitrogen and oxygen atoms in total. The van der Waals surface area contributed by atoms with Gasteiger partial charge in [0.2, 0.25) is 6.79 Å². The number of hydrogen-bond acceptors (Lipinski definition) is 5. The topological polar surface area (TPSA) is 82.1 Å². The van der Waals surface area contributed by atoms with Crippen molar-refractivity contribution in [2.75, 3.05) is 6.79 Å². The van der Waals surface area contributed by atoms with Crippen molar-refractivity contribution in [3.63, 3.8) is 0 Å². The van der Waals surface area contributed by atoms with E-state index in [-0.39, 0.29) is 25.3 Å². The highest BCUT2D eigenvalue weighted by molar-refractivity contribution is 5.67. The number of ether oxygens (including phenoxy) is 3. The molecular formula is C20H28O6. The third kappa shape index (κ3) is 5.93. The Bertz CT molecular complexity index is 625. The van der Waals surface area contributed by atoms with Crippen LogP contribution in [0.1, 0.15) is 76.0 Å². The fraction of sp³-hybridized carbons (Fsp3) is 0.600. The Morgan fingerprint density at radius 3 is 2.54 bits per heavy atom. The Morgan fingerprint density at radius 1 is 1.15 bits per heavy atom. The largest absolute Gasteiger partial charge is 0.481 e. The van der Waals surface area contributed by atoms with Crippen LogP contribution in [-0.4, -0.2) is 23.8 Å². The van der Waals surface area contributed by atoms with E-state index < -0.39 is 5.97 Å². The van der Waals surface area contributed by atoms with E-state index in [1.807, 2.05) is 12.1 Å². The van der Waals surface area contributed by atoms with E-state index in [0.717, 1.165) is 43.2 Å². The summed E-state index contributed by atoms with van der Waals surface area (Å²) >= 11 is 0. The summed E-state index contributed by atoms with van der Waals surface area (Å²) in [4.78, 5) is 22.3. The number of aryl methyl sites for hydroxylation is 1. The first kappa shape index (κ1) is 20.1. The second-order valence-electron chi connectivity index (χ2n) is 6.60. The number of benzene rings is 1. The van der Waals surface area contributed by atoms with Crippen LogP contribution in [0.15, 0.2) is 12.1 Å². The van der Waals surface area contributed by atoms with Crippen molar-refractivity contribution in [3.05, 3.63) is 23.3 Å². The summed E-state index contributed by atoms with van der Waals surface area (Å²) in [6.07, 6.45) is 5.82. The molecule has 0 saturated carbocycles. The minimum absolute atomic E-state index is 0.157. The van der Waals surface area contributed by atoms with Crippen LogP contribution in [0.3, 0.4) is 0 Å². The molecule has 144 valence electrons. The molecule has 1 aromatic rings. The number of hydrogen-bond donors (Lipinski definition) is 1. The third-order valence-corrected chi connectivity index (χ3v) is 4.45. The van der Waals surface area contributed by atoms with E-state index >= 15 is 0 Å². The minimum Gasteiger partial charge on any atom is -0.481 e. The van der Waals surface area contributed by atoms with Crippen molar-refractivity contribution in [1.82, 2.24) is 0 Å². The molecule has 1 unspecified atom stereocenters. The average molecular weight is 364 g/mol. The normalized spacial score (nSPS) is 13.5. The number of fused-ring (bicyclic) bond motifs is 1. The summed E-state index contributed by atoms with van der Waals surface area (Å²) in [5.74, 6) is 0.272. The highest BCUT2D eigenvalue weighted by atomic mass is 16.7. The molecule has 2 rings (SSSR count). The molecule has 0 aromatic heterocycles. The van der Waals surface area contributed by atoms with E-state index in [2.05, 4.69) is 6.92 Å². The summed E-state index contributed by atoms with van der Waals surface area (Å²) in [7, 11) is 0. The van der Waals surface area contributed by atoms with Gasteiger partial charge in [0, 0.05) is 13.3 Å². The summed E-state index contributed by atoms with van der Waals surface area (Å²) < 4.78 is 16.6. The Labute approximate surface area is 154 Å². The van der Waals surface area contributed by atoms with Crippen LogP contribution in [0.25, 0.3) is 0 Å². The smallest absolute Gasteiger partial charge is 0.303 e. The molecule has 0 spiro atoms. The number of rotatable bonds is 11. The predicted molar refractivity (Wildman–Crippen MR) is 96.4 cm³/mol. The van der Waals surface area contributed by atoms with Crippen LogP contribution in [-0.2, 0) is 20.7 Å². The van der Waals surface area contributed by atoms with E-state index in [0.29, 0.717) is 24.3 Å². The first-order valence-corrected chi connectivity index (χ1v) is 9.32. The molecule has 1 aromatic carbocycles. The third-order valence-electron chi connectivity index (χ3n) is 4.45. The van der Waals surface area contributed by atoms with Crippen molar-refractivity contribution in [1.29, 1.82) is 0 Å². The second kappa shape index (κ2) is 10.0. The first-order valence-electron chi connectivity index (χ1n) is 9.32. The van der Waals surface area contributed by atoms with Gasteiger partial charge in [-0.05, 0) is 55.4 Å². The minimum atomic E-state index is -0.784. The summed E-state index contributed by atoms with van der Waals surface area (Å²) in [6, 6.07) is 3.85.